The minimum Gasteiger partial charge on any atom is -0.496 e. The zero-order valence-corrected chi connectivity index (χ0v) is 23.7. The molecule has 39 heavy (non-hydrogen) atoms. The van der Waals surface area contributed by atoms with Gasteiger partial charge in [0.1, 0.15) is 17.8 Å². The van der Waals surface area contributed by atoms with Crippen LogP contribution >= 0.6 is 0 Å². The molecule has 0 unspecified atom stereocenters. The average Bonchev–Trinajstić information content (AvgIpc) is 3.34. The molecule has 0 aliphatic carbocycles. The number of aromatic nitrogens is 1. The molecule has 7 heteroatoms. The Bertz CT molecular complexity index is 1290. The van der Waals surface area contributed by atoms with Gasteiger partial charge in [-0.25, -0.2) is 0 Å². The lowest BCUT2D eigenvalue weighted by molar-refractivity contribution is -0.900. The number of rotatable bonds is 12. The van der Waals surface area contributed by atoms with E-state index in [0.29, 0.717) is 13.0 Å². The van der Waals surface area contributed by atoms with E-state index in [1.807, 2.05) is 46.2 Å². The fourth-order valence-corrected chi connectivity index (χ4v) is 6.48. The Morgan fingerprint density at radius 2 is 1.64 bits per heavy atom. The average molecular weight is 532 g/mol. The van der Waals surface area contributed by atoms with Crippen molar-refractivity contribution in [2.24, 2.45) is 0 Å². The van der Waals surface area contributed by atoms with Crippen LogP contribution in [0.3, 0.4) is 0 Å². The third kappa shape index (κ3) is 5.42. The van der Waals surface area contributed by atoms with Crippen LogP contribution in [0.1, 0.15) is 68.8 Å². The quantitative estimate of drug-likeness (QED) is 0.374. The van der Waals surface area contributed by atoms with Crippen molar-refractivity contribution in [1.82, 2.24) is 14.8 Å². The number of ether oxygens (including phenoxy) is 1. The van der Waals surface area contributed by atoms with Crippen molar-refractivity contribution in [3.8, 4) is 5.75 Å². The first-order chi connectivity index (χ1) is 19.1. The van der Waals surface area contributed by atoms with Gasteiger partial charge in [-0.1, -0.05) is 63.1 Å². The lowest BCUT2D eigenvalue weighted by Crippen LogP contribution is -3.12. The summed E-state index contributed by atoms with van der Waals surface area (Å²) in [5.74, 6) is 0.785. The maximum atomic E-state index is 14.0. The van der Waals surface area contributed by atoms with Gasteiger partial charge in [0.25, 0.3) is 0 Å². The van der Waals surface area contributed by atoms with E-state index in [1.54, 1.807) is 12.0 Å². The number of piperazine rings is 1. The molecule has 0 radical (unpaired) electrons. The molecule has 1 fully saturated rings. The first-order valence-corrected chi connectivity index (χ1v) is 14.7. The number of carbonyl (C=O) groups is 2. The number of unbranched alkanes of at least 4 members (excludes halogenated alkanes) is 2. The molecule has 2 aliphatic heterocycles. The Morgan fingerprint density at radius 1 is 0.949 bits per heavy atom. The minimum absolute atomic E-state index is 0.000909. The SMILES string of the molecule is CCCC[NH+](CCCC)CCCN1CC(=O)N2[C@@H](c3ccccc3OC)c3[nH]c4ccccc4c3C[C@H]2C1=O. The minimum atomic E-state index is -0.517. The highest BCUT2D eigenvalue weighted by Gasteiger charge is 2.48. The van der Waals surface area contributed by atoms with Crippen LogP contribution < -0.4 is 9.64 Å². The zero-order chi connectivity index (χ0) is 27.4. The number of carbonyl (C=O) groups excluding carboxylic acids is 2. The number of benzene rings is 2. The predicted octanol–water partition coefficient (Wildman–Crippen LogP) is 3.74. The van der Waals surface area contributed by atoms with E-state index in [9.17, 15) is 9.59 Å². The first kappa shape index (κ1) is 27.3. The van der Waals surface area contributed by atoms with Crippen molar-refractivity contribution in [3.05, 3.63) is 65.4 Å². The van der Waals surface area contributed by atoms with Crippen LogP contribution in [0.2, 0.25) is 0 Å². The predicted molar refractivity (Wildman–Crippen MR) is 154 cm³/mol. The van der Waals surface area contributed by atoms with Gasteiger partial charge >= 0.3 is 0 Å². The van der Waals surface area contributed by atoms with Gasteiger partial charge in [-0.3, -0.25) is 9.59 Å². The van der Waals surface area contributed by atoms with Crippen LogP contribution in [0, 0.1) is 0 Å². The molecule has 1 saturated heterocycles. The van der Waals surface area contributed by atoms with E-state index in [0.717, 1.165) is 46.4 Å². The van der Waals surface area contributed by atoms with Crippen LogP contribution in [0.5, 0.6) is 5.75 Å². The first-order valence-electron chi connectivity index (χ1n) is 14.7. The molecule has 1 aromatic heterocycles. The number of quaternary nitrogens is 1. The van der Waals surface area contributed by atoms with E-state index in [4.69, 9.17) is 4.74 Å². The summed E-state index contributed by atoms with van der Waals surface area (Å²) < 4.78 is 5.73. The summed E-state index contributed by atoms with van der Waals surface area (Å²) in [6.45, 7) is 8.66. The Labute approximate surface area is 232 Å². The standard InChI is InChI=1S/C32H42N4O3/c1-4-6-17-34(18-7-5-2)19-12-20-35-22-29(37)36-27(32(35)38)21-25-23-13-8-10-15-26(23)33-30(25)31(36)24-14-9-11-16-28(24)39-3/h8-11,13-16,27,31,33H,4-7,12,17-22H2,1-3H3/p+1/t27-,31-/m0/s1. The second-order valence-corrected chi connectivity index (χ2v) is 11.0. The molecule has 5 rings (SSSR count). The number of hydrogen-bond acceptors (Lipinski definition) is 3. The second-order valence-electron chi connectivity index (χ2n) is 11.0. The fourth-order valence-electron chi connectivity index (χ4n) is 6.48. The molecular weight excluding hydrogens is 488 g/mol. The highest BCUT2D eigenvalue weighted by molar-refractivity contribution is 5.97. The number of nitrogens with zero attached hydrogens (tertiary/aromatic N) is 2. The van der Waals surface area contributed by atoms with Crippen molar-refractivity contribution < 1.29 is 19.2 Å². The number of para-hydroxylation sites is 2. The molecule has 2 aliphatic rings. The lowest BCUT2D eigenvalue weighted by Gasteiger charge is -2.47. The number of fused-ring (bicyclic) bond motifs is 4. The van der Waals surface area contributed by atoms with Crippen molar-refractivity contribution in [2.75, 3.05) is 39.8 Å². The summed E-state index contributed by atoms with van der Waals surface area (Å²) in [6, 6.07) is 15.1. The number of H-pyrrole nitrogens is 1. The van der Waals surface area contributed by atoms with Gasteiger partial charge in [0.15, 0.2) is 0 Å². The lowest BCUT2D eigenvalue weighted by atomic mass is 9.86. The molecule has 2 atom stereocenters. The number of hydrogen-bond donors (Lipinski definition) is 2. The smallest absolute Gasteiger partial charge is 0.246 e. The molecular formula is C32H43N4O3+. The van der Waals surface area contributed by atoms with Gasteiger partial charge in [0, 0.05) is 41.5 Å². The zero-order valence-electron chi connectivity index (χ0n) is 23.7. The van der Waals surface area contributed by atoms with Crippen LogP contribution in [0.4, 0.5) is 0 Å². The highest BCUT2D eigenvalue weighted by Crippen LogP contribution is 2.44. The van der Waals surface area contributed by atoms with E-state index >= 15 is 0 Å². The topological polar surface area (TPSA) is 70.1 Å². The summed E-state index contributed by atoms with van der Waals surface area (Å²) >= 11 is 0. The molecule has 3 heterocycles. The molecule has 2 amide bonds. The molecule has 3 aromatic rings. The van der Waals surface area contributed by atoms with Gasteiger partial charge in [-0.2, -0.15) is 0 Å². The third-order valence-electron chi connectivity index (χ3n) is 8.50. The largest absolute Gasteiger partial charge is 0.496 e. The Morgan fingerprint density at radius 3 is 2.38 bits per heavy atom. The summed E-state index contributed by atoms with van der Waals surface area (Å²) in [5.41, 5.74) is 4.04. The second kappa shape index (κ2) is 12.2. The Hall–Kier alpha value is -3.32. The van der Waals surface area contributed by atoms with Gasteiger partial charge in [0.2, 0.25) is 11.8 Å². The maximum absolute atomic E-state index is 14.0. The molecule has 208 valence electrons. The highest BCUT2D eigenvalue weighted by atomic mass is 16.5. The molecule has 0 spiro atoms. The van der Waals surface area contributed by atoms with Crippen LogP contribution in [-0.2, 0) is 16.0 Å². The molecule has 0 saturated carbocycles. The molecule has 0 bridgehead atoms. The molecule has 2 aromatic carbocycles. The number of amides is 2. The van der Waals surface area contributed by atoms with Gasteiger partial charge in [-0.15, -0.1) is 0 Å². The summed E-state index contributed by atoms with van der Waals surface area (Å²) in [4.78, 5) is 36.7. The van der Waals surface area contributed by atoms with Crippen LogP contribution in [-0.4, -0.2) is 72.5 Å². The van der Waals surface area contributed by atoms with Crippen molar-refractivity contribution in [3.63, 3.8) is 0 Å². The van der Waals surface area contributed by atoms with E-state index < -0.39 is 12.1 Å². The van der Waals surface area contributed by atoms with Crippen LogP contribution in [0.25, 0.3) is 10.9 Å². The molecule has 7 nitrogen and oxygen atoms in total. The van der Waals surface area contributed by atoms with Gasteiger partial charge in [0.05, 0.1) is 33.3 Å². The van der Waals surface area contributed by atoms with E-state index in [-0.39, 0.29) is 18.4 Å². The Kier molecular flexibility index (Phi) is 8.56. The maximum Gasteiger partial charge on any atom is 0.246 e. The summed E-state index contributed by atoms with van der Waals surface area (Å²) in [6.07, 6.45) is 6.31. The van der Waals surface area contributed by atoms with E-state index in [1.165, 1.54) is 38.8 Å². The number of aromatic amines is 1. The van der Waals surface area contributed by atoms with Crippen LogP contribution in [0.15, 0.2) is 48.5 Å². The molecule has 2 N–H and O–H groups in total. The number of nitrogens with one attached hydrogen (secondary N) is 2. The van der Waals surface area contributed by atoms with E-state index in [2.05, 4.69) is 31.0 Å². The van der Waals surface area contributed by atoms with Gasteiger partial charge < -0.3 is 24.4 Å². The van der Waals surface area contributed by atoms with Crippen molar-refractivity contribution >= 4 is 22.7 Å². The Balaban J connectivity index is 1.42. The number of methoxy groups -OCH3 is 1. The summed E-state index contributed by atoms with van der Waals surface area (Å²) in [7, 11) is 1.66. The monoisotopic (exact) mass is 531 g/mol. The summed E-state index contributed by atoms with van der Waals surface area (Å²) in [5, 5.41) is 1.12. The van der Waals surface area contributed by atoms with Gasteiger partial charge in [-0.05, 0) is 30.5 Å². The van der Waals surface area contributed by atoms with Crippen molar-refractivity contribution in [1.29, 1.82) is 0 Å². The normalized spacial score (nSPS) is 19.1. The fraction of sp³-hybridized carbons (Fsp3) is 0.500. The third-order valence-corrected chi connectivity index (χ3v) is 8.50. The van der Waals surface area contributed by atoms with Crippen molar-refractivity contribution in [2.45, 2.75) is 64.5 Å².